The van der Waals surface area contributed by atoms with E-state index >= 15 is 0 Å². The standard InChI is InChI=1S/C28H30N2O2/c1-2-3-4-5-12-21-30-26(31)28(29-27(30)32,24-15-10-7-11-16-24)25-19-17-23(18-20-25)22-13-8-6-9-14-22/h6-11,13-20H,2-5,12,21H2,1H3,(H,29,32)/t28-/m1/s1. The topological polar surface area (TPSA) is 49.4 Å². The quantitative estimate of drug-likeness (QED) is 0.331. The Bertz CT molecular complexity index is 1050. The van der Waals surface area contributed by atoms with E-state index in [0.29, 0.717) is 6.54 Å². The Balaban J connectivity index is 1.66. The fourth-order valence-corrected chi connectivity index (χ4v) is 4.44. The summed E-state index contributed by atoms with van der Waals surface area (Å²) in [6.45, 7) is 2.62. The first-order chi connectivity index (χ1) is 15.7. The van der Waals surface area contributed by atoms with Crippen LogP contribution in [-0.2, 0) is 10.3 Å². The molecule has 3 aromatic rings. The molecule has 0 aromatic heterocycles. The lowest BCUT2D eigenvalue weighted by Crippen LogP contribution is -2.45. The fourth-order valence-electron chi connectivity index (χ4n) is 4.44. The van der Waals surface area contributed by atoms with Gasteiger partial charge < -0.3 is 5.32 Å². The average Bonchev–Trinajstić information content (AvgIpc) is 3.10. The molecule has 1 N–H and O–H groups in total. The molecule has 1 aliphatic heterocycles. The van der Waals surface area contributed by atoms with Gasteiger partial charge in [0, 0.05) is 6.54 Å². The van der Waals surface area contributed by atoms with Crippen molar-refractivity contribution in [3.63, 3.8) is 0 Å². The zero-order valence-corrected chi connectivity index (χ0v) is 18.6. The number of unbranched alkanes of at least 4 members (excludes halogenated alkanes) is 4. The second-order valence-electron chi connectivity index (χ2n) is 8.36. The minimum absolute atomic E-state index is 0.198. The number of benzene rings is 3. The van der Waals surface area contributed by atoms with Gasteiger partial charge in [0.15, 0.2) is 5.54 Å². The maximum atomic E-state index is 13.8. The van der Waals surface area contributed by atoms with Gasteiger partial charge in [-0.05, 0) is 28.7 Å². The van der Waals surface area contributed by atoms with Crippen LogP contribution in [0.5, 0.6) is 0 Å². The number of rotatable bonds is 9. The number of carbonyl (C=O) groups excluding carboxylic acids is 2. The summed E-state index contributed by atoms with van der Waals surface area (Å²) in [5, 5.41) is 3.05. The largest absolute Gasteiger partial charge is 0.325 e. The maximum Gasteiger partial charge on any atom is 0.325 e. The lowest BCUT2D eigenvalue weighted by atomic mass is 9.82. The van der Waals surface area contributed by atoms with Gasteiger partial charge in [-0.25, -0.2) is 4.79 Å². The van der Waals surface area contributed by atoms with Crippen molar-refractivity contribution in [2.75, 3.05) is 6.54 Å². The molecule has 0 radical (unpaired) electrons. The summed E-state index contributed by atoms with van der Waals surface area (Å²) < 4.78 is 0. The van der Waals surface area contributed by atoms with Crippen LogP contribution in [0.2, 0.25) is 0 Å². The number of hydrogen-bond acceptors (Lipinski definition) is 2. The maximum absolute atomic E-state index is 13.8. The van der Waals surface area contributed by atoms with Crippen LogP contribution >= 0.6 is 0 Å². The number of imide groups is 1. The summed E-state index contributed by atoms with van der Waals surface area (Å²) in [7, 11) is 0. The predicted molar refractivity (Wildman–Crippen MR) is 128 cm³/mol. The van der Waals surface area contributed by atoms with E-state index < -0.39 is 5.54 Å². The lowest BCUT2D eigenvalue weighted by molar-refractivity contribution is -0.130. The van der Waals surface area contributed by atoms with Crippen LogP contribution in [0.1, 0.15) is 50.2 Å². The Hall–Kier alpha value is -3.40. The third kappa shape index (κ3) is 4.18. The molecule has 0 aliphatic carbocycles. The molecule has 1 saturated heterocycles. The molecule has 0 spiro atoms. The number of carbonyl (C=O) groups is 2. The molecule has 1 atom stereocenters. The number of amides is 3. The van der Waals surface area contributed by atoms with Gasteiger partial charge in [-0.3, -0.25) is 9.69 Å². The molecule has 4 heteroatoms. The van der Waals surface area contributed by atoms with Crippen molar-refractivity contribution in [2.24, 2.45) is 0 Å². The first-order valence-corrected chi connectivity index (χ1v) is 11.5. The van der Waals surface area contributed by atoms with Crippen LogP contribution < -0.4 is 5.32 Å². The Morgan fingerprint density at radius 2 is 1.25 bits per heavy atom. The van der Waals surface area contributed by atoms with E-state index in [0.717, 1.165) is 41.5 Å². The Labute approximate surface area is 190 Å². The Kier molecular flexibility index (Phi) is 6.69. The van der Waals surface area contributed by atoms with E-state index in [1.54, 1.807) is 0 Å². The molecule has 4 rings (SSSR count). The van der Waals surface area contributed by atoms with Crippen molar-refractivity contribution >= 4 is 11.9 Å². The highest BCUT2D eigenvalue weighted by Crippen LogP contribution is 2.37. The van der Waals surface area contributed by atoms with Crippen molar-refractivity contribution in [2.45, 2.75) is 44.6 Å². The van der Waals surface area contributed by atoms with Crippen LogP contribution in [-0.4, -0.2) is 23.4 Å². The van der Waals surface area contributed by atoms with Gasteiger partial charge in [0.05, 0.1) is 0 Å². The van der Waals surface area contributed by atoms with Gasteiger partial charge in [-0.1, -0.05) is 118 Å². The van der Waals surface area contributed by atoms with Crippen LogP contribution in [0, 0.1) is 0 Å². The first-order valence-electron chi connectivity index (χ1n) is 11.5. The second-order valence-corrected chi connectivity index (χ2v) is 8.36. The highest BCUT2D eigenvalue weighted by atomic mass is 16.2. The molecule has 1 fully saturated rings. The molecule has 0 unspecified atom stereocenters. The molecule has 3 aromatic carbocycles. The fraction of sp³-hybridized carbons (Fsp3) is 0.286. The van der Waals surface area contributed by atoms with Crippen LogP contribution in [0.4, 0.5) is 4.79 Å². The average molecular weight is 427 g/mol. The summed E-state index contributed by atoms with van der Waals surface area (Å²) in [5.74, 6) is -0.198. The normalized spacial score (nSPS) is 18.1. The number of hydrogen-bond donors (Lipinski definition) is 1. The van der Waals surface area contributed by atoms with Gasteiger partial charge in [-0.2, -0.15) is 0 Å². The van der Waals surface area contributed by atoms with E-state index in [2.05, 4.69) is 24.4 Å². The van der Waals surface area contributed by atoms with Gasteiger partial charge >= 0.3 is 6.03 Å². The third-order valence-corrected chi connectivity index (χ3v) is 6.22. The molecular formula is C28H30N2O2. The van der Waals surface area contributed by atoms with E-state index in [4.69, 9.17) is 0 Å². The minimum atomic E-state index is -1.20. The van der Waals surface area contributed by atoms with Crippen molar-refractivity contribution in [3.05, 3.63) is 96.1 Å². The molecule has 1 heterocycles. The van der Waals surface area contributed by atoms with Gasteiger partial charge in [-0.15, -0.1) is 0 Å². The van der Waals surface area contributed by atoms with Crippen molar-refractivity contribution in [1.29, 1.82) is 0 Å². The summed E-state index contributed by atoms with van der Waals surface area (Å²) in [6.07, 6.45) is 5.33. The van der Waals surface area contributed by atoms with Crippen LogP contribution in [0.3, 0.4) is 0 Å². The molecule has 4 nitrogen and oxygen atoms in total. The van der Waals surface area contributed by atoms with Crippen LogP contribution in [0.15, 0.2) is 84.9 Å². The van der Waals surface area contributed by atoms with E-state index in [9.17, 15) is 9.59 Å². The highest BCUT2D eigenvalue weighted by molar-refractivity contribution is 6.09. The first kappa shape index (κ1) is 21.8. The zero-order chi connectivity index (χ0) is 22.4. The van der Waals surface area contributed by atoms with E-state index in [-0.39, 0.29) is 11.9 Å². The van der Waals surface area contributed by atoms with E-state index in [1.807, 2.05) is 72.8 Å². The second kappa shape index (κ2) is 9.82. The summed E-state index contributed by atoms with van der Waals surface area (Å²) >= 11 is 0. The van der Waals surface area contributed by atoms with Crippen molar-refractivity contribution < 1.29 is 9.59 Å². The third-order valence-electron chi connectivity index (χ3n) is 6.22. The molecule has 0 saturated carbocycles. The zero-order valence-electron chi connectivity index (χ0n) is 18.6. The monoisotopic (exact) mass is 426 g/mol. The SMILES string of the molecule is CCCCCCCN1C(=O)N[C@](c2ccccc2)(c2ccc(-c3ccccc3)cc2)C1=O. The van der Waals surface area contributed by atoms with Crippen molar-refractivity contribution in [3.8, 4) is 11.1 Å². The Morgan fingerprint density at radius 1 is 0.688 bits per heavy atom. The Morgan fingerprint density at radius 3 is 1.91 bits per heavy atom. The lowest BCUT2D eigenvalue weighted by Gasteiger charge is -2.28. The smallest absolute Gasteiger partial charge is 0.315 e. The molecule has 32 heavy (non-hydrogen) atoms. The number of nitrogens with one attached hydrogen (secondary N) is 1. The van der Waals surface area contributed by atoms with Crippen LogP contribution in [0.25, 0.3) is 11.1 Å². The summed E-state index contributed by atoms with van der Waals surface area (Å²) in [6, 6.07) is 27.3. The highest BCUT2D eigenvalue weighted by Gasteiger charge is 2.53. The number of urea groups is 1. The molecule has 164 valence electrons. The van der Waals surface area contributed by atoms with Gasteiger partial charge in [0.1, 0.15) is 0 Å². The van der Waals surface area contributed by atoms with Crippen molar-refractivity contribution in [1.82, 2.24) is 10.2 Å². The van der Waals surface area contributed by atoms with E-state index in [1.165, 1.54) is 17.7 Å². The van der Waals surface area contributed by atoms with Gasteiger partial charge in [0.25, 0.3) is 5.91 Å². The molecular weight excluding hydrogens is 396 g/mol. The minimum Gasteiger partial charge on any atom is -0.315 e. The molecule has 1 aliphatic rings. The summed E-state index contributed by atoms with van der Waals surface area (Å²) in [5.41, 5.74) is 2.54. The molecule has 0 bridgehead atoms. The van der Waals surface area contributed by atoms with Gasteiger partial charge in [0.2, 0.25) is 0 Å². The predicted octanol–water partition coefficient (Wildman–Crippen LogP) is 6.12. The summed E-state index contributed by atoms with van der Waals surface area (Å²) in [4.78, 5) is 28.1. The number of nitrogens with zero attached hydrogens (tertiary/aromatic N) is 1. The molecule has 3 amide bonds.